The minimum absolute atomic E-state index is 0.360. The largest absolute Gasteiger partial charge is 0.488 e. The van der Waals surface area contributed by atoms with Gasteiger partial charge in [-0.15, -0.1) is 0 Å². The molecule has 2 N–H and O–H groups in total. The Balaban J connectivity index is 0.000000123. The first kappa shape index (κ1) is 87.1. The summed E-state index contributed by atoms with van der Waals surface area (Å²) in [7, 11) is -0.952. The van der Waals surface area contributed by atoms with Crippen LogP contribution in [0.2, 0.25) is 15.1 Å². The van der Waals surface area contributed by atoms with Gasteiger partial charge < -0.3 is 24.4 Å². The van der Waals surface area contributed by atoms with Crippen LogP contribution in [-0.4, -0.2) is 145 Å². The van der Waals surface area contributed by atoms with Crippen LogP contribution in [0.4, 0.5) is 0 Å². The zero-order valence-electron chi connectivity index (χ0n) is 68.8. The first-order valence-electron chi connectivity index (χ1n) is 39.0. The van der Waals surface area contributed by atoms with Gasteiger partial charge in [0.1, 0.15) is 42.4 Å². The van der Waals surface area contributed by atoms with Gasteiger partial charge in [-0.05, 0) is 276 Å². The van der Waals surface area contributed by atoms with Gasteiger partial charge in [-0.25, -0.2) is 67.5 Å². The minimum Gasteiger partial charge on any atom is -0.405 e. The number of hydrogen-bond donors (Lipinski definition) is 1. The van der Waals surface area contributed by atoms with E-state index in [9.17, 15) is 4.79 Å². The van der Waals surface area contributed by atoms with Gasteiger partial charge in [0.05, 0.1) is 123 Å². The van der Waals surface area contributed by atoms with Crippen molar-refractivity contribution >= 4 is 147 Å². The number of aryl methyl sites for hydroxylation is 7. The molecule has 14 aromatic rings. The number of fused-ring (bicyclic) bond motifs is 7. The van der Waals surface area contributed by atoms with E-state index in [0.29, 0.717) is 26.4 Å². The third kappa shape index (κ3) is 18.0. The summed E-state index contributed by atoms with van der Waals surface area (Å²) in [6.07, 6.45) is 24.8. The fraction of sp³-hybridized carbons (Fsp3) is 0.294. The lowest BCUT2D eigenvalue weighted by molar-refractivity contribution is -0.113. The Morgan fingerprint density at radius 3 is 1.18 bits per heavy atom. The van der Waals surface area contributed by atoms with Crippen molar-refractivity contribution in [1.82, 2.24) is 103 Å². The number of hydrogen-bond acceptors (Lipinski definition) is 19. The third-order valence-corrected chi connectivity index (χ3v) is 25.2. The van der Waals surface area contributed by atoms with E-state index in [0.717, 1.165) is 174 Å². The summed E-state index contributed by atoms with van der Waals surface area (Å²) in [5.74, 6) is -0.534. The van der Waals surface area contributed by atoms with Gasteiger partial charge in [-0.1, -0.05) is 40.9 Å². The SMILES string of the molecule is CC1(C)OB(B2OC(C)(C)C(C)(C)O2)OC1(C)C.Cc1nc(-c2nn3c(c2-c2ccc4ncnn4c2/C=C/C(N)=O)CCC3)ccc1Cl.Cc1nc(-c2nn3c(c2I)CCC3)ccc1Cl.[C-]#[N+]/C=C/c1c(-c2c(-c3ccc(Cl)c(C)n3)nn3c2CCC3)ccc2ncnn12.[C-]#[N+]/C=C/c1c(C)ccc2ncnn12.[C-]#[N+]/C=C/c1c(I)ccc2ncnn12. The van der Waals surface area contributed by atoms with Crippen LogP contribution in [0.3, 0.4) is 0 Å². The van der Waals surface area contributed by atoms with Crippen molar-refractivity contribution in [2.75, 3.05) is 0 Å². The fourth-order valence-corrected chi connectivity index (χ4v) is 16.2. The molecule has 1 amide bonds. The van der Waals surface area contributed by atoms with Crippen molar-refractivity contribution in [2.24, 2.45) is 5.73 Å². The zero-order chi connectivity index (χ0) is 86.7. The van der Waals surface area contributed by atoms with Gasteiger partial charge in [0.15, 0.2) is 41.2 Å². The van der Waals surface area contributed by atoms with Gasteiger partial charge in [-0.3, -0.25) is 18.8 Å². The van der Waals surface area contributed by atoms with Gasteiger partial charge >= 0.3 is 14.0 Å². The highest BCUT2D eigenvalue weighted by Crippen LogP contribution is 2.45. The van der Waals surface area contributed by atoms with Gasteiger partial charge in [0.2, 0.25) is 5.91 Å². The highest BCUT2D eigenvalue weighted by molar-refractivity contribution is 14.1. The Kier molecular flexibility index (Phi) is 26.0. The molecule has 0 saturated carbocycles. The van der Waals surface area contributed by atoms with Crippen molar-refractivity contribution in [1.29, 1.82) is 0 Å². The van der Waals surface area contributed by atoms with Crippen LogP contribution < -0.4 is 5.73 Å². The molecule has 0 radical (unpaired) electrons. The summed E-state index contributed by atoms with van der Waals surface area (Å²) in [5, 5.41) is 33.2. The molecule has 2 fully saturated rings. The second-order valence-corrected chi connectivity index (χ2v) is 34.4. The number of nitrogens with zero attached hydrogens (tertiary/aromatic N) is 24. The second kappa shape index (κ2) is 36.4. The molecule has 14 aromatic heterocycles. The average Bonchev–Trinajstić information content (AvgIpc) is 1.59. The van der Waals surface area contributed by atoms with Crippen LogP contribution in [0.1, 0.15) is 137 Å². The number of nitrogens with two attached hydrogens (primary N) is 1. The number of pyridine rings is 7. The molecule has 0 aliphatic carbocycles. The number of amides is 1. The van der Waals surface area contributed by atoms with Gasteiger partial charge in [-0.2, -0.15) is 35.7 Å². The lowest BCUT2D eigenvalue weighted by Gasteiger charge is -2.32. The van der Waals surface area contributed by atoms with Gasteiger partial charge in [0.25, 0.3) is 0 Å². The summed E-state index contributed by atoms with van der Waals surface area (Å²) >= 11 is 22.9. The number of rotatable bonds is 11. The van der Waals surface area contributed by atoms with E-state index < -0.39 is 19.9 Å². The van der Waals surface area contributed by atoms with E-state index in [2.05, 4.69) is 129 Å². The Bertz CT molecular complexity index is 6460. The van der Waals surface area contributed by atoms with Crippen molar-refractivity contribution < 1.29 is 23.4 Å². The normalized spacial score (nSPS) is 15.6. The smallest absolute Gasteiger partial charge is 0.405 e. The highest BCUT2D eigenvalue weighted by Gasteiger charge is 2.64. The molecule has 122 heavy (non-hydrogen) atoms. The van der Waals surface area contributed by atoms with E-state index in [1.165, 1.54) is 71.4 Å². The number of primary amides is 1. The standard InChI is InChI=1S/C21H18ClN7O.C21H16ClN7.C12H24B2O4.C12H11ClIN3.C10H8N4.C9H5IN4/c1-12-14(22)5-6-15(26-12)21-20(17-3-2-10-28(17)27-21)13-4-9-19-24-11-25-29(19)16(13)7-8-18(23)30;1-13-15(22)6-7-16(26-13)21-20(18-4-3-11-28(18)27-21)14-5-8-19-24-12-25-29(19)17(14)9-10-23-2;1-9(2)10(3,4)16-13(15-9)14-17-11(5,6)12(7,8)18-14;1-7-8(13)4-5-9(15-7)12-11(14)10-3-2-6-17(10)16-12;1-8-3-4-10-12-7-13-14(10)9(8)5-6-11-2;1-11-5-4-8-7(10)2-3-9-12-6-13-14(8)9/h4-9,11H,2-3,10H2,1H3,(H2,23,30);5-10,12H,3-4,11H2,1H3;1-8H3;4-5H,2-3,6H2,1H3;3-7H,1H3;2-6H/b8-7+;10-9+;;;6-5+;5-4+. The predicted octanol–water partition coefficient (Wildman–Crippen LogP) is 17.4. The minimum atomic E-state index is -0.534. The fourth-order valence-electron chi connectivity index (χ4n) is 14.4. The van der Waals surface area contributed by atoms with E-state index >= 15 is 0 Å². The molecule has 618 valence electrons. The number of carbonyl (C=O) groups excluding carboxylic acids is 1. The summed E-state index contributed by atoms with van der Waals surface area (Å²) in [5.41, 5.74) is 26.1. The van der Waals surface area contributed by atoms with Crippen molar-refractivity contribution in [3.63, 3.8) is 0 Å². The molecule has 0 bridgehead atoms. The van der Waals surface area contributed by atoms with Crippen molar-refractivity contribution in [3.05, 3.63) is 254 Å². The molecule has 0 unspecified atom stereocenters. The monoisotopic (exact) mass is 1910 g/mol. The van der Waals surface area contributed by atoms with E-state index in [1.54, 1.807) is 42.4 Å². The summed E-state index contributed by atoms with van der Waals surface area (Å²) in [6.45, 7) is 47.2. The Labute approximate surface area is 746 Å². The first-order chi connectivity index (χ1) is 58.4. The average molecular weight is 1920 g/mol. The molecule has 2 saturated heterocycles. The Morgan fingerprint density at radius 2 is 0.787 bits per heavy atom. The highest BCUT2D eigenvalue weighted by atomic mass is 127. The maximum Gasteiger partial charge on any atom is 0.488 e. The summed E-state index contributed by atoms with van der Waals surface area (Å²) in [6, 6.07) is 26.8. The van der Waals surface area contributed by atoms with Gasteiger partial charge in [0, 0.05) is 62.9 Å². The summed E-state index contributed by atoms with van der Waals surface area (Å²) < 4.78 is 39.2. The predicted molar refractivity (Wildman–Crippen MR) is 488 cm³/mol. The molecular formula is C85H82B2Cl3I2N25O5. The number of aromatic nitrogens is 21. The topological polar surface area (TPSA) is 306 Å². The molecule has 37 heteroatoms. The second-order valence-electron chi connectivity index (χ2n) is 30.9. The van der Waals surface area contributed by atoms with Crippen LogP contribution in [0, 0.1) is 54.6 Å². The van der Waals surface area contributed by atoms with Crippen molar-refractivity contribution in [3.8, 4) is 56.4 Å². The molecule has 0 atom stereocenters. The summed E-state index contributed by atoms with van der Waals surface area (Å²) in [4.78, 5) is 51.7. The number of carbonyl (C=O) groups is 1. The van der Waals surface area contributed by atoms with E-state index in [4.69, 9.17) is 89.1 Å². The molecular weight excluding hydrogens is 1830 g/mol. The molecule has 0 aromatic carbocycles. The molecule has 30 nitrogen and oxygen atoms in total. The Morgan fingerprint density at radius 1 is 0.451 bits per heavy atom. The Hall–Kier alpha value is -11.2. The van der Waals surface area contributed by atoms with Crippen LogP contribution >= 0.6 is 80.0 Å². The lowest BCUT2D eigenvalue weighted by atomic mass is 9.49. The molecule has 5 aliphatic rings. The lowest BCUT2D eigenvalue weighted by Crippen LogP contribution is -2.41. The quantitative estimate of drug-likeness (QED) is 0.0544. The van der Waals surface area contributed by atoms with E-state index in [-0.39, 0.29) is 22.4 Å². The van der Waals surface area contributed by atoms with Crippen LogP contribution in [-0.2, 0) is 62.3 Å². The molecule has 5 aliphatic heterocycles. The zero-order valence-corrected chi connectivity index (χ0v) is 75.4. The van der Waals surface area contributed by atoms with Crippen LogP contribution in [0.25, 0.3) is 118 Å². The molecule has 19 rings (SSSR count). The first-order valence-corrected chi connectivity index (χ1v) is 42.3. The number of halogens is 5. The van der Waals surface area contributed by atoms with E-state index in [1.807, 2.05) is 173 Å². The van der Waals surface area contributed by atoms with Crippen LogP contribution in [0.15, 0.2) is 135 Å². The maximum atomic E-state index is 11.4. The third-order valence-electron chi connectivity index (χ3n) is 22.0. The molecule has 19 heterocycles. The van der Waals surface area contributed by atoms with Crippen molar-refractivity contribution in [2.45, 2.75) is 164 Å². The van der Waals surface area contributed by atoms with Crippen LogP contribution in [0.5, 0.6) is 0 Å². The molecule has 0 spiro atoms. The maximum absolute atomic E-state index is 11.4.